The van der Waals surface area contributed by atoms with Gasteiger partial charge in [-0.3, -0.25) is 14.9 Å². The molecule has 1 fully saturated rings. The molecule has 0 unspecified atom stereocenters. The number of rotatable bonds is 3. The number of amides is 1. The first-order valence-electron chi connectivity index (χ1n) is 7.76. The average Bonchev–Trinajstić information content (AvgIpc) is 2.88. The molecule has 1 amide bonds. The molecule has 0 aliphatic carbocycles. The Morgan fingerprint density at radius 2 is 1.85 bits per heavy atom. The van der Waals surface area contributed by atoms with Gasteiger partial charge in [-0.1, -0.05) is 22.0 Å². The smallest absolute Gasteiger partial charge is 0.264 e. The maximum absolute atomic E-state index is 12.2. The molecule has 0 aromatic heterocycles. The molecule has 3 rings (SSSR count). The van der Waals surface area contributed by atoms with Gasteiger partial charge >= 0.3 is 0 Å². The van der Waals surface area contributed by atoms with Crippen molar-refractivity contribution in [3.63, 3.8) is 0 Å². The number of benzene rings is 2. The summed E-state index contributed by atoms with van der Waals surface area (Å²) in [6.07, 6.45) is 1.49. The summed E-state index contributed by atoms with van der Waals surface area (Å²) in [5, 5.41) is 25.9. The molecule has 138 valence electrons. The fourth-order valence-electron chi connectivity index (χ4n) is 2.58. The molecule has 1 heterocycles. The first-order valence-corrected chi connectivity index (χ1v) is 9.37. The monoisotopic (exact) mass is 446 g/mol. The quantitative estimate of drug-likeness (QED) is 0.436. The van der Waals surface area contributed by atoms with Crippen molar-refractivity contribution in [3.8, 4) is 5.75 Å². The SMILES string of the molecule is Cc1cc(C)cc(N=C2NC(=O)/C(=C/c3cc(Br)c([O-])c([N+](=O)[O-])c3)S2)c1. The Morgan fingerprint density at radius 1 is 1.19 bits per heavy atom. The highest BCUT2D eigenvalue weighted by Gasteiger charge is 2.24. The van der Waals surface area contributed by atoms with E-state index in [1.165, 1.54) is 12.1 Å². The standard InChI is InChI=1S/C18H14BrN3O4S/c1-9-3-10(2)5-12(4-9)20-18-21-17(24)15(27-18)8-11-6-13(19)16(23)14(7-11)22(25)26/h3-8,23H,1-2H3,(H,20,21,24)/p-1/b15-8-. The molecule has 2 aromatic carbocycles. The number of nitrogens with zero attached hydrogens (tertiary/aromatic N) is 2. The number of amidine groups is 1. The molecular weight excluding hydrogens is 434 g/mol. The molecule has 2 aromatic rings. The molecular formula is C18H13BrN3O4S-. The Morgan fingerprint density at radius 3 is 2.48 bits per heavy atom. The van der Waals surface area contributed by atoms with Crippen molar-refractivity contribution in [1.82, 2.24) is 5.32 Å². The lowest BCUT2D eigenvalue weighted by Gasteiger charge is -2.10. The Kier molecular flexibility index (Phi) is 5.33. The van der Waals surface area contributed by atoms with E-state index < -0.39 is 16.4 Å². The zero-order chi connectivity index (χ0) is 19.7. The summed E-state index contributed by atoms with van der Waals surface area (Å²) < 4.78 is 0.0658. The number of aliphatic imine (C=N–C) groups is 1. The normalized spacial score (nSPS) is 16.8. The van der Waals surface area contributed by atoms with Crippen LogP contribution >= 0.6 is 27.7 Å². The lowest BCUT2D eigenvalue weighted by Crippen LogP contribution is -2.19. The van der Waals surface area contributed by atoms with Crippen LogP contribution in [0.1, 0.15) is 16.7 Å². The minimum Gasteiger partial charge on any atom is -0.867 e. The average molecular weight is 447 g/mol. The fourth-order valence-corrected chi connectivity index (χ4v) is 3.89. The van der Waals surface area contributed by atoms with Gasteiger partial charge in [0.05, 0.1) is 15.5 Å². The molecule has 1 saturated heterocycles. The second-order valence-electron chi connectivity index (χ2n) is 5.94. The van der Waals surface area contributed by atoms with Crippen molar-refractivity contribution < 1.29 is 14.8 Å². The zero-order valence-electron chi connectivity index (χ0n) is 14.3. The largest absolute Gasteiger partial charge is 0.867 e. The minimum atomic E-state index is -0.746. The van der Waals surface area contributed by atoms with E-state index in [1.807, 2.05) is 32.0 Å². The molecule has 7 nitrogen and oxygen atoms in total. The molecule has 27 heavy (non-hydrogen) atoms. The van der Waals surface area contributed by atoms with E-state index >= 15 is 0 Å². The molecule has 9 heteroatoms. The fraction of sp³-hybridized carbons (Fsp3) is 0.111. The summed E-state index contributed by atoms with van der Waals surface area (Å²) in [5.74, 6) is -1.06. The van der Waals surface area contributed by atoms with Crippen LogP contribution in [0.15, 0.2) is 44.7 Å². The predicted octanol–water partition coefficient (Wildman–Crippen LogP) is 3.94. The first-order chi connectivity index (χ1) is 12.7. The van der Waals surface area contributed by atoms with E-state index in [2.05, 4.69) is 26.2 Å². The van der Waals surface area contributed by atoms with Gasteiger partial charge in [-0.25, -0.2) is 4.99 Å². The highest BCUT2D eigenvalue weighted by atomic mass is 79.9. The van der Waals surface area contributed by atoms with Crippen molar-refractivity contribution in [2.75, 3.05) is 0 Å². The number of nitro groups is 1. The van der Waals surface area contributed by atoms with E-state index in [0.29, 0.717) is 15.6 Å². The van der Waals surface area contributed by atoms with Crippen molar-refractivity contribution in [2.24, 2.45) is 4.99 Å². The highest BCUT2D eigenvalue weighted by molar-refractivity contribution is 9.10. The number of nitro benzene ring substituents is 1. The first kappa shape index (κ1) is 19.1. The Balaban J connectivity index is 1.92. The molecule has 0 radical (unpaired) electrons. The summed E-state index contributed by atoms with van der Waals surface area (Å²) in [6, 6.07) is 8.42. The Labute approximate surface area is 167 Å². The van der Waals surface area contributed by atoms with Crippen molar-refractivity contribution in [2.45, 2.75) is 13.8 Å². The summed E-state index contributed by atoms with van der Waals surface area (Å²) in [4.78, 5) is 27.2. The van der Waals surface area contributed by atoms with Gasteiger partial charge in [0.2, 0.25) is 0 Å². The zero-order valence-corrected chi connectivity index (χ0v) is 16.7. The van der Waals surface area contributed by atoms with Gasteiger partial charge in [-0.2, -0.15) is 0 Å². The lowest BCUT2D eigenvalue weighted by atomic mass is 10.1. The second-order valence-corrected chi connectivity index (χ2v) is 7.82. The number of thioether (sulfide) groups is 1. The van der Waals surface area contributed by atoms with Gasteiger partial charge in [-0.05, 0) is 72.3 Å². The molecule has 0 saturated carbocycles. The van der Waals surface area contributed by atoms with Crippen LogP contribution < -0.4 is 10.4 Å². The number of halogens is 1. The highest BCUT2D eigenvalue weighted by Crippen LogP contribution is 2.35. The second kappa shape index (κ2) is 7.53. The van der Waals surface area contributed by atoms with Crippen LogP contribution in [0.2, 0.25) is 0 Å². The number of carbonyl (C=O) groups is 1. The van der Waals surface area contributed by atoms with Crippen LogP contribution in [-0.2, 0) is 4.79 Å². The number of carbonyl (C=O) groups excluding carboxylic acids is 1. The summed E-state index contributed by atoms with van der Waals surface area (Å²) in [6.45, 7) is 3.93. The maximum atomic E-state index is 12.2. The van der Waals surface area contributed by atoms with Gasteiger partial charge in [-0.15, -0.1) is 0 Å². The summed E-state index contributed by atoms with van der Waals surface area (Å²) >= 11 is 4.15. The maximum Gasteiger partial charge on any atom is 0.264 e. The third kappa shape index (κ3) is 4.37. The molecule has 1 N–H and O–H groups in total. The Bertz CT molecular complexity index is 1010. The number of hydrogen-bond acceptors (Lipinski definition) is 6. The van der Waals surface area contributed by atoms with E-state index in [1.54, 1.807) is 0 Å². The van der Waals surface area contributed by atoms with E-state index in [0.717, 1.165) is 34.6 Å². The lowest BCUT2D eigenvalue weighted by molar-refractivity contribution is -0.398. The van der Waals surface area contributed by atoms with Gasteiger partial charge in [0.25, 0.3) is 11.6 Å². The van der Waals surface area contributed by atoms with Crippen molar-refractivity contribution >= 4 is 56.2 Å². The Hall–Kier alpha value is -2.65. The van der Waals surface area contributed by atoms with Crippen molar-refractivity contribution in [3.05, 3.63) is 66.5 Å². The minimum absolute atomic E-state index is 0.0658. The van der Waals surface area contributed by atoms with Gasteiger partial charge in [0.15, 0.2) is 5.17 Å². The molecule has 0 spiro atoms. The van der Waals surface area contributed by atoms with Gasteiger partial charge in [0.1, 0.15) is 0 Å². The number of nitrogens with one attached hydrogen (secondary N) is 1. The number of hydrogen-bond donors (Lipinski definition) is 1. The number of aryl methyl sites for hydroxylation is 2. The van der Waals surface area contributed by atoms with Crippen LogP contribution in [0, 0.1) is 24.0 Å². The van der Waals surface area contributed by atoms with E-state index in [4.69, 9.17) is 0 Å². The molecule has 0 bridgehead atoms. The summed E-state index contributed by atoms with van der Waals surface area (Å²) in [7, 11) is 0. The molecule has 1 aliphatic rings. The van der Waals surface area contributed by atoms with Crippen LogP contribution in [0.3, 0.4) is 0 Å². The van der Waals surface area contributed by atoms with Crippen LogP contribution in [0.25, 0.3) is 6.08 Å². The van der Waals surface area contributed by atoms with Gasteiger partial charge in [0, 0.05) is 10.5 Å². The topological polar surface area (TPSA) is 108 Å². The summed E-state index contributed by atoms with van der Waals surface area (Å²) in [5.41, 5.74) is 2.68. The van der Waals surface area contributed by atoms with Crippen LogP contribution in [-0.4, -0.2) is 16.0 Å². The van der Waals surface area contributed by atoms with E-state index in [9.17, 15) is 20.0 Å². The third-order valence-corrected chi connectivity index (χ3v) is 5.13. The molecule has 1 aliphatic heterocycles. The van der Waals surface area contributed by atoms with Crippen LogP contribution in [0.4, 0.5) is 11.4 Å². The third-order valence-electron chi connectivity index (χ3n) is 3.63. The van der Waals surface area contributed by atoms with Crippen LogP contribution in [0.5, 0.6) is 5.75 Å². The van der Waals surface area contributed by atoms with E-state index in [-0.39, 0.29) is 10.4 Å². The predicted molar refractivity (Wildman–Crippen MR) is 107 cm³/mol. The molecule has 0 atom stereocenters. The van der Waals surface area contributed by atoms with Gasteiger partial charge < -0.3 is 10.4 Å². The van der Waals surface area contributed by atoms with Crippen molar-refractivity contribution in [1.29, 1.82) is 0 Å².